The van der Waals surface area contributed by atoms with Gasteiger partial charge >= 0.3 is 0 Å². The fraction of sp³-hybridized carbons (Fsp3) is 0.667. The van der Waals surface area contributed by atoms with Crippen LogP contribution in [-0.2, 0) is 4.79 Å². The van der Waals surface area contributed by atoms with Crippen molar-refractivity contribution in [2.45, 2.75) is 20.8 Å². The first-order chi connectivity index (χ1) is 5.02. The van der Waals surface area contributed by atoms with E-state index in [1.807, 2.05) is 37.8 Å². The van der Waals surface area contributed by atoms with Crippen molar-refractivity contribution in [1.82, 2.24) is 4.90 Å². The fourth-order valence-electron chi connectivity index (χ4n) is 1.12. The van der Waals surface area contributed by atoms with E-state index in [1.54, 1.807) is 0 Å². The van der Waals surface area contributed by atoms with Gasteiger partial charge in [0.05, 0.1) is 0 Å². The molecule has 1 heterocycles. The van der Waals surface area contributed by atoms with Gasteiger partial charge in [0.15, 0.2) is 0 Å². The van der Waals surface area contributed by atoms with Gasteiger partial charge in [-0.15, -0.1) is 0 Å². The van der Waals surface area contributed by atoms with Crippen LogP contribution in [0.4, 0.5) is 0 Å². The highest BCUT2D eigenvalue weighted by atomic mass is 16.2. The molecule has 0 unspecified atom stereocenters. The summed E-state index contributed by atoms with van der Waals surface area (Å²) in [6.07, 6.45) is 4.06. The van der Waals surface area contributed by atoms with Crippen molar-refractivity contribution >= 4 is 5.91 Å². The van der Waals surface area contributed by atoms with E-state index in [9.17, 15) is 4.79 Å². The van der Waals surface area contributed by atoms with Gasteiger partial charge in [-0.25, -0.2) is 0 Å². The van der Waals surface area contributed by atoms with Gasteiger partial charge in [0.2, 0.25) is 5.91 Å². The van der Waals surface area contributed by atoms with Crippen LogP contribution in [0, 0.1) is 5.41 Å². The molecule has 0 radical (unpaired) electrons. The van der Waals surface area contributed by atoms with E-state index in [0.717, 1.165) is 13.1 Å². The number of carbonyl (C=O) groups excluding carboxylic acids is 1. The number of hydrogen-bond donors (Lipinski definition) is 0. The Hall–Kier alpha value is -0.790. The predicted molar refractivity (Wildman–Crippen MR) is 45.2 cm³/mol. The minimum atomic E-state index is -0.230. The van der Waals surface area contributed by atoms with Gasteiger partial charge in [-0.1, -0.05) is 32.9 Å². The van der Waals surface area contributed by atoms with Crippen molar-refractivity contribution in [2.24, 2.45) is 5.41 Å². The highest BCUT2D eigenvalue weighted by molar-refractivity contribution is 5.82. The molecule has 0 aromatic heterocycles. The van der Waals surface area contributed by atoms with E-state index in [-0.39, 0.29) is 11.3 Å². The van der Waals surface area contributed by atoms with E-state index in [2.05, 4.69) is 0 Å². The van der Waals surface area contributed by atoms with Crippen molar-refractivity contribution in [1.29, 1.82) is 0 Å². The topological polar surface area (TPSA) is 20.3 Å². The van der Waals surface area contributed by atoms with Crippen LogP contribution < -0.4 is 0 Å². The van der Waals surface area contributed by atoms with Gasteiger partial charge in [0.25, 0.3) is 0 Å². The van der Waals surface area contributed by atoms with Crippen LogP contribution in [0.3, 0.4) is 0 Å². The Morgan fingerprint density at radius 3 is 2.09 bits per heavy atom. The van der Waals surface area contributed by atoms with E-state index in [0.29, 0.717) is 0 Å². The molecule has 2 heteroatoms. The molecule has 0 saturated heterocycles. The van der Waals surface area contributed by atoms with E-state index < -0.39 is 0 Å². The third-order valence-electron chi connectivity index (χ3n) is 1.75. The SMILES string of the molecule is CC(C)(C)C(=O)N1CC=CC1. The van der Waals surface area contributed by atoms with Crippen LogP contribution in [0.2, 0.25) is 0 Å². The first-order valence-electron chi connectivity index (χ1n) is 3.96. The summed E-state index contributed by atoms with van der Waals surface area (Å²) in [7, 11) is 0. The highest BCUT2D eigenvalue weighted by Gasteiger charge is 2.26. The second-order valence-electron chi connectivity index (χ2n) is 3.93. The number of carbonyl (C=O) groups is 1. The molecular formula is C9H15NO. The Bertz CT molecular complexity index is 180. The van der Waals surface area contributed by atoms with Gasteiger partial charge < -0.3 is 4.90 Å². The van der Waals surface area contributed by atoms with Crippen LogP contribution in [0.15, 0.2) is 12.2 Å². The fourth-order valence-corrected chi connectivity index (χ4v) is 1.12. The number of hydrogen-bond acceptors (Lipinski definition) is 1. The maximum Gasteiger partial charge on any atom is 0.228 e. The Balaban J connectivity index is 2.55. The van der Waals surface area contributed by atoms with Crippen LogP contribution >= 0.6 is 0 Å². The van der Waals surface area contributed by atoms with Crippen molar-refractivity contribution in [3.63, 3.8) is 0 Å². The quantitative estimate of drug-likeness (QED) is 0.482. The molecule has 1 aliphatic rings. The van der Waals surface area contributed by atoms with Gasteiger partial charge in [0, 0.05) is 18.5 Å². The first-order valence-corrected chi connectivity index (χ1v) is 3.96. The van der Waals surface area contributed by atoms with Gasteiger partial charge in [0.1, 0.15) is 0 Å². The maximum atomic E-state index is 11.6. The summed E-state index contributed by atoms with van der Waals surface area (Å²) < 4.78 is 0. The zero-order valence-corrected chi connectivity index (χ0v) is 7.42. The molecule has 0 aromatic carbocycles. The second-order valence-corrected chi connectivity index (χ2v) is 3.93. The van der Waals surface area contributed by atoms with Gasteiger partial charge in [-0.05, 0) is 0 Å². The number of amides is 1. The molecule has 0 aliphatic carbocycles. The lowest BCUT2D eigenvalue weighted by Gasteiger charge is -2.25. The zero-order chi connectivity index (χ0) is 8.48. The molecule has 0 fully saturated rings. The first kappa shape index (κ1) is 8.31. The monoisotopic (exact) mass is 153 g/mol. The molecule has 2 nitrogen and oxygen atoms in total. The third-order valence-corrected chi connectivity index (χ3v) is 1.75. The summed E-state index contributed by atoms with van der Waals surface area (Å²) in [6, 6.07) is 0. The van der Waals surface area contributed by atoms with Crippen molar-refractivity contribution in [2.75, 3.05) is 13.1 Å². The molecule has 0 atom stereocenters. The molecule has 11 heavy (non-hydrogen) atoms. The molecular weight excluding hydrogens is 138 g/mol. The van der Waals surface area contributed by atoms with Crippen molar-refractivity contribution < 1.29 is 4.79 Å². The summed E-state index contributed by atoms with van der Waals surface area (Å²) in [6.45, 7) is 7.43. The number of rotatable bonds is 0. The number of nitrogens with zero attached hydrogens (tertiary/aromatic N) is 1. The molecule has 0 aromatic rings. The summed E-state index contributed by atoms with van der Waals surface area (Å²) in [5, 5.41) is 0. The Labute approximate surface area is 67.9 Å². The molecule has 1 aliphatic heterocycles. The molecule has 0 bridgehead atoms. The molecule has 0 spiro atoms. The molecule has 0 N–H and O–H groups in total. The lowest BCUT2D eigenvalue weighted by atomic mass is 9.95. The summed E-state index contributed by atoms with van der Waals surface area (Å²) in [5.41, 5.74) is -0.230. The standard InChI is InChI=1S/C9H15NO/c1-9(2,3)8(11)10-6-4-5-7-10/h4-5H,6-7H2,1-3H3. The van der Waals surface area contributed by atoms with E-state index >= 15 is 0 Å². The zero-order valence-electron chi connectivity index (χ0n) is 7.42. The molecule has 1 amide bonds. The summed E-state index contributed by atoms with van der Waals surface area (Å²) in [5.74, 6) is 0.238. The molecule has 62 valence electrons. The highest BCUT2D eigenvalue weighted by Crippen LogP contribution is 2.18. The largest absolute Gasteiger partial charge is 0.335 e. The van der Waals surface area contributed by atoms with Crippen molar-refractivity contribution in [3.8, 4) is 0 Å². The average molecular weight is 153 g/mol. The van der Waals surface area contributed by atoms with Gasteiger partial charge in [-0.3, -0.25) is 4.79 Å². The lowest BCUT2D eigenvalue weighted by molar-refractivity contribution is -0.137. The smallest absolute Gasteiger partial charge is 0.228 e. The summed E-state index contributed by atoms with van der Waals surface area (Å²) >= 11 is 0. The Morgan fingerprint density at radius 1 is 1.27 bits per heavy atom. The lowest BCUT2D eigenvalue weighted by Crippen LogP contribution is -2.37. The second kappa shape index (κ2) is 2.68. The maximum absolute atomic E-state index is 11.6. The summed E-state index contributed by atoms with van der Waals surface area (Å²) in [4.78, 5) is 13.4. The predicted octanol–water partition coefficient (Wildman–Crippen LogP) is 1.43. The Kier molecular flexibility index (Phi) is 2.03. The normalized spacial score (nSPS) is 17.5. The van der Waals surface area contributed by atoms with Crippen LogP contribution in [0.1, 0.15) is 20.8 Å². The third kappa shape index (κ3) is 1.82. The minimum absolute atomic E-state index is 0.230. The average Bonchev–Trinajstić information content (AvgIpc) is 2.34. The van der Waals surface area contributed by atoms with Crippen LogP contribution in [0.5, 0.6) is 0 Å². The molecule has 1 rings (SSSR count). The van der Waals surface area contributed by atoms with Crippen LogP contribution in [-0.4, -0.2) is 23.9 Å². The van der Waals surface area contributed by atoms with Gasteiger partial charge in [-0.2, -0.15) is 0 Å². The molecule has 0 saturated carbocycles. The van der Waals surface area contributed by atoms with Crippen LogP contribution in [0.25, 0.3) is 0 Å². The van der Waals surface area contributed by atoms with Crippen molar-refractivity contribution in [3.05, 3.63) is 12.2 Å². The van der Waals surface area contributed by atoms with E-state index in [4.69, 9.17) is 0 Å². The van der Waals surface area contributed by atoms with E-state index in [1.165, 1.54) is 0 Å². The minimum Gasteiger partial charge on any atom is -0.335 e. The Morgan fingerprint density at radius 2 is 1.73 bits per heavy atom.